The van der Waals surface area contributed by atoms with Crippen molar-refractivity contribution in [1.29, 1.82) is 0 Å². The fourth-order valence-electron chi connectivity index (χ4n) is 2.01. The molecule has 1 N–H and O–H groups in total. The Morgan fingerprint density at radius 1 is 1.53 bits per heavy atom. The molecule has 0 amide bonds. The fraction of sp³-hybridized carbons (Fsp3) is 0.462. The van der Waals surface area contributed by atoms with Crippen LogP contribution in [0.4, 0.5) is 5.69 Å². The number of hydrogen-bond donors (Lipinski definition) is 1. The van der Waals surface area contributed by atoms with E-state index in [1.807, 2.05) is 12.1 Å². The van der Waals surface area contributed by atoms with E-state index in [2.05, 4.69) is 16.0 Å². The number of aliphatic hydroxyl groups excluding tert-OH is 1. The highest BCUT2D eigenvalue weighted by molar-refractivity contribution is 5.48. The Kier molecular flexibility index (Phi) is 4.12. The van der Waals surface area contributed by atoms with Crippen LogP contribution >= 0.6 is 0 Å². The zero-order valence-corrected chi connectivity index (χ0v) is 10.1. The van der Waals surface area contributed by atoms with E-state index in [9.17, 15) is 0 Å². The number of methoxy groups -OCH3 is 1. The molecule has 92 valence electrons. The second kappa shape index (κ2) is 5.80. The van der Waals surface area contributed by atoms with E-state index in [0.717, 1.165) is 31.8 Å². The number of aliphatic hydroxyl groups is 1. The van der Waals surface area contributed by atoms with Crippen molar-refractivity contribution in [3.05, 3.63) is 35.7 Å². The van der Waals surface area contributed by atoms with Gasteiger partial charge in [0, 0.05) is 32.1 Å². The van der Waals surface area contributed by atoms with Crippen LogP contribution in [0, 0.1) is 0 Å². The van der Waals surface area contributed by atoms with Gasteiger partial charge in [-0.05, 0) is 24.1 Å². The summed E-state index contributed by atoms with van der Waals surface area (Å²) in [6, 6.07) is 3.92. The molecule has 0 fully saturated rings. The Balaban J connectivity index is 2.04. The number of anilines is 1. The third-order valence-corrected chi connectivity index (χ3v) is 2.96. The normalized spacial score (nSPS) is 15.9. The zero-order chi connectivity index (χ0) is 12.1. The molecule has 0 spiro atoms. The van der Waals surface area contributed by atoms with Crippen molar-refractivity contribution < 1.29 is 9.84 Å². The van der Waals surface area contributed by atoms with E-state index >= 15 is 0 Å². The first-order chi connectivity index (χ1) is 8.33. The van der Waals surface area contributed by atoms with Gasteiger partial charge in [-0.15, -0.1) is 0 Å². The van der Waals surface area contributed by atoms with Crippen LogP contribution in [0.15, 0.2) is 30.0 Å². The van der Waals surface area contributed by atoms with Gasteiger partial charge in [0.15, 0.2) is 0 Å². The average Bonchev–Trinajstić information content (AvgIpc) is 2.40. The number of ether oxygens (including phenoxy) is 1. The lowest BCUT2D eigenvalue weighted by Gasteiger charge is -2.28. The first kappa shape index (κ1) is 12.1. The van der Waals surface area contributed by atoms with Gasteiger partial charge in [0.05, 0.1) is 18.9 Å². The second-order valence-corrected chi connectivity index (χ2v) is 4.15. The van der Waals surface area contributed by atoms with E-state index in [1.165, 1.54) is 5.57 Å². The van der Waals surface area contributed by atoms with E-state index in [4.69, 9.17) is 9.84 Å². The van der Waals surface area contributed by atoms with Gasteiger partial charge in [0.1, 0.15) is 0 Å². The third kappa shape index (κ3) is 3.05. The van der Waals surface area contributed by atoms with Crippen LogP contribution < -0.4 is 4.90 Å². The molecule has 0 radical (unpaired) electrons. The number of aromatic nitrogens is 1. The van der Waals surface area contributed by atoms with E-state index in [0.29, 0.717) is 5.69 Å². The molecule has 4 heteroatoms. The zero-order valence-electron chi connectivity index (χ0n) is 10.1. The highest BCUT2D eigenvalue weighted by atomic mass is 16.5. The van der Waals surface area contributed by atoms with Gasteiger partial charge in [0.2, 0.25) is 0 Å². The minimum absolute atomic E-state index is 0.00750. The maximum absolute atomic E-state index is 9.06. The summed E-state index contributed by atoms with van der Waals surface area (Å²) in [7, 11) is 1.73. The smallest absolute Gasteiger partial charge is 0.0853 e. The Morgan fingerprint density at radius 3 is 3.06 bits per heavy atom. The average molecular weight is 234 g/mol. The van der Waals surface area contributed by atoms with Crippen LogP contribution in [0.2, 0.25) is 0 Å². The van der Waals surface area contributed by atoms with E-state index in [1.54, 1.807) is 13.3 Å². The summed E-state index contributed by atoms with van der Waals surface area (Å²) >= 11 is 0. The van der Waals surface area contributed by atoms with Crippen LogP contribution in [0.25, 0.3) is 0 Å². The molecule has 2 heterocycles. The minimum Gasteiger partial charge on any atom is -0.390 e. The summed E-state index contributed by atoms with van der Waals surface area (Å²) in [4.78, 5) is 6.36. The largest absolute Gasteiger partial charge is 0.390 e. The van der Waals surface area contributed by atoms with Crippen LogP contribution in [0.1, 0.15) is 12.1 Å². The molecular formula is C13H18N2O2. The molecule has 1 aliphatic heterocycles. The predicted octanol–water partition coefficient (Wildman–Crippen LogP) is 1.36. The standard InChI is InChI=1S/C13H18N2O2/c1-17-10-11-3-6-15(7-4-11)13-2-5-14-12(8-13)9-16/h2-3,5,8,16H,4,6-7,9-10H2,1H3. The molecule has 1 aliphatic rings. The predicted molar refractivity (Wildman–Crippen MR) is 66.9 cm³/mol. The van der Waals surface area contributed by atoms with Crippen molar-refractivity contribution >= 4 is 5.69 Å². The molecule has 0 bridgehead atoms. The van der Waals surface area contributed by atoms with Gasteiger partial charge >= 0.3 is 0 Å². The maximum Gasteiger partial charge on any atom is 0.0853 e. The van der Waals surface area contributed by atoms with E-state index < -0.39 is 0 Å². The Hall–Kier alpha value is -1.39. The van der Waals surface area contributed by atoms with Gasteiger partial charge in [-0.3, -0.25) is 4.98 Å². The molecule has 0 atom stereocenters. The molecule has 0 saturated carbocycles. The third-order valence-electron chi connectivity index (χ3n) is 2.96. The van der Waals surface area contributed by atoms with Crippen LogP contribution in [0.3, 0.4) is 0 Å². The molecule has 0 unspecified atom stereocenters. The first-order valence-corrected chi connectivity index (χ1v) is 5.81. The maximum atomic E-state index is 9.06. The van der Waals surface area contributed by atoms with Gasteiger partial charge in [-0.1, -0.05) is 6.08 Å². The lowest BCUT2D eigenvalue weighted by Crippen LogP contribution is -2.29. The molecule has 17 heavy (non-hydrogen) atoms. The number of nitrogens with zero attached hydrogens (tertiary/aromatic N) is 2. The summed E-state index contributed by atoms with van der Waals surface area (Å²) in [6.07, 6.45) is 4.99. The van der Waals surface area contributed by atoms with Crippen LogP contribution in [0.5, 0.6) is 0 Å². The second-order valence-electron chi connectivity index (χ2n) is 4.15. The van der Waals surface area contributed by atoms with Crippen molar-refractivity contribution in [1.82, 2.24) is 4.98 Å². The van der Waals surface area contributed by atoms with Gasteiger partial charge in [0.25, 0.3) is 0 Å². The van der Waals surface area contributed by atoms with Crippen LogP contribution in [-0.2, 0) is 11.3 Å². The molecular weight excluding hydrogens is 216 g/mol. The Morgan fingerprint density at radius 2 is 2.41 bits per heavy atom. The van der Waals surface area contributed by atoms with Crippen LogP contribution in [-0.4, -0.2) is 36.9 Å². The summed E-state index contributed by atoms with van der Waals surface area (Å²) in [6.45, 7) is 2.61. The molecule has 0 aliphatic carbocycles. The van der Waals surface area contributed by atoms with E-state index in [-0.39, 0.29) is 6.61 Å². The summed E-state index contributed by atoms with van der Waals surface area (Å²) in [5.74, 6) is 0. The highest BCUT2D eigenvalue weighted by Crippen LogP contribution is 2.20. The lowest BCUT2D eigenvalue weighted by molar-refractivity contribution is 0.222. The van der Waals surface area contributed by atoms with Crippen molar-refractivity contribution in [3.8, 4) is 0 Å². The monoisotopic (exact) mass is 234 g/mol. The van der Waals surface area contributed by atoms with Crippen molar-refractivity contribution in [2.75, 3.05) is 31.7 Å². The molecule has 1 aromatic heterocycles. The number of rotatable bonds is 4. The number of pyridine rings is 1. The van der Waals surface area contributed by atoms with Crippen molar-refractivity contribution in [3.63, 3.8) is 0 Å². The molecule has 1 aromatic rings. The van der Waals surface area contributed by atoms with Crippen molar-refractivity contribution in [2.45, 2.75) is 13.0 Å². The molecule has 0 saturated heterocycles. The Labute approximate surface area is 102 Å². The fourth-order valence-corrected chi connectivity index (χ4v) is 2.01. The molecule has 4 nitrogen and oxygen atoms in total. The summed E-state index contributed by atoms with van der Waals surface area (Å²) in [5.41, 5.74) is 3.20. The first-order valence-electron chi connectivity index (χ1n) is 5.81. The Bertz CT molecular complexity index is 404. The summed E-state index contributed by atoms with van der Waals surface area (Å²) in [5, 5.41) is 9.06. The van der Waals surface area contributed by atoms with Gasteiger partial charge < -0.3 is 14.7 Å². The SMILES string of the molecule is COCC1=CCN(c2ccnc(CO)c2)CC1. The quantitative estimate of drug-likeness (QED) is 0.799. The summed E-state index contributed by atoms with van der Waals surface area (Å²) < 4.78 is 5.13. The molecule has 0 aromatic carbocycles. The van der Waals surface area contributed by atoms with Gasteiger partial charge in [-0.25, -0.2) is 0 Å². The molecule has 2 rings (SSSR count). The topological polar surface area (TPSA) is 45.6 Å². The number of hydrogen-bond acceptors (Lipinski definition) is 4. The lowest BCUT2D eigenvalue weighted by atomic mass is 10.1. The van der Waals surface area contributed by atoms with Gasteiger partial charge in [-0.2, -0.15) is 0 Å². The highest BCUT2D eigenvalue weighted by Gasteiger charge is 2.12. The van der Waals surface area contributed by atoms with Crippen molar-refractivity contribution in [2.24, 2.45) is 0 Å². The minimum atomic E-state index is -0.00750.